The Bertz CT molecular complexity index is 1800. The molecule has 0 saturated carbocycles. The molecule has 0 saturated heterocycles. The van der Waals surface area contributed by atoms with Crippen molar-refractivity contribution in [2.24, 2.45) is 5.92 Å². The Morgan fingerprint density at radius 2 is 1.70 bits per heavy atom. The molecular weight excluding hydrogens is 662 g/mol. The van der Waals surface area contributed by atoms with Crippen LogP contribution < -0.4 is 5.82 Å². The summed E-state index contributed by atoms with van der Waals surface area (Å²) >= 11 is 0. The van der Waals surface area contributed by atoms with Gasteiger partial charge in [0.1, 0.15) is 18.8 Å². The highest BCUT2D eigenvalue weighted by atomic mass is 17.0. The standard InChI is InChI=1S/C31H35N7O12/c1-4-5-10-27(39)36(16-20-11-13-21(14-12-20)23-8-6-7-9-24(23)29-32-34-35-33-29)28(19(2)3)30(40)46-18-26-25(48-31(41)49-26)15-22(50-38(44)45)17-47-37(42)43/h6-9,11-14,19,22,28H,4-5,10,15-18H2,1-3H3,(H,32,33,34,35)/t22-,28-/m0/s1. The van der Waals surface area contributed by atoms with Crippen molar-refractivity contribution >= 4 is 11.9 Å². The zero-order valence-electron chi connectivity index (χ0n) is 27.4. The van der Waals surface area contributed by atoms with Crippen LogP contribution in [0, 0.1) is 26.1 Å². The number of nitrogens with one attached hydrogen (secondary N) is 1. The van der Waals surface area contributed by atoms with Gasteiger partial charge in [0.2, 0.25) is 11.7 Å². The minimum atomic E-state index is -1.56. The van der Waals surface area contributed by atoms with Gasteiger partial charge >= 0.3 is 11.8 Å². The van der Waals surface area contributed by atoms with E-state index in [1.54, 1.807) is 13.8 Å². The molecule has 0 aliphatic carbocycles. The summed E-state index contributed by atoms with van der Waals surface area (Å²) in [6.07, 6.45) is -0.578. The summed E-state index contributed by atoms with van der Waals surface area (Å²) in [6, 6.07) is 14.0. The number of aromatic nitrogens is 4. The summed E-state index contributed by atoms with van der Waals surface area (Å²) in [5.41, 5.74) is 3.25. The predicted molar refractivity (Wildman–Crippen MR) is 169 cm³/mol. The van der Waals surface area contributed by atoms with Crippen LogP contribution in [0.3, 0.4) is 0 Å². The van der Waals surface area contributed by atoms with E-state index in [0.29, 0.717) is 12.2 Å². The fraction of sp³-hybridized carbons (Fsp3) is 0.419. The number of amides is 1. The van der Waals surface area contributed by atoms with Crippen LogP contribution in [0.1, 0.15) is 57.1 Å². The minimum absolute atomic E-state index is 0.0790. The minimum Gasteiger partial charge on any atom is -0.456 e. The first-order valence-electron chi connectivity index (χ1n) is 15.5. The molecule has 2 aromatic heterocycles. The van der Waals surface area contributed by atoms with E-state index in [2.05, 4.69) is 30.3 Å². The summed E-state index contributed by atoms with van der Waals surface area (Å²) in [5.74, 6) is -2.87. The van der Waals surface area contributed by atoms with Crippen LogP contribution in [-0.2, 0) is 43.6 Å². The maximum absolute atomic E-state index is 13.6. The van der Waals surface area contributed by atoms with E-state index >= 15 is 0 Å². The molecule has 2 heterocycles. The topological polar surface area (TPSA) is 249 Å². The van der Waals surface area contributed by atoms with Gasteiger partial charge < -0.3 is 28.1 Å². The van der Waals surface area contributed by atoms with Gasteiger partial charge in [0, 0.05) is 24.9 Å². The summed E-state index contributed by atoms with van der Waals surface area (Å²) in [7, 11) is 0. The maximum atomic E-state index is 13.6. The number of tetrazole rings is 1. The average molecular weight is 698 g/mol. The van der Waals surface area contributed by atoms with E-state index in [1.807, 2.05) is 55.5 Å². The van der Waals surface area contributed by atoms with Crippen LogP contribution in [0.15, 0.2) is 62.2 Å². The molecule has 0 unspecified atom stereocenters. The molecular formula is C31H35N7O12. The quantitative estimate of drug-likeness (QED) is 0.0833. The number of unbranched alkanes of at least 4 members (excludes halogenated alkanes) is 1. The Labute approximate surface area is 283 Å². The highest BCUT2D eigenvalue weighted by Crippen LogP contribution is 2.30. The molecule has 0 fully saturated rings. The molecule has 2 atom stereocenters. The summed E-state index contributed by atoms with van der Waals surface area (Å²) in [4.78, 5) is 70.6. The van der Waals surface area contributed by atoms with Gasteiger partial charge in [-0.05, 0) is 34.2 Å². The molecule has 0 aliphatic heterocycles. The molecule has 0 bridgehead atoms. The summed E-state index contributed by atoms with van der Waals surface area (Å²) < 4.78 is 15.4. The van der Waals surface area contributed by atoms with Crippen molar-refractivity contribution in [3.05, 3.63) is 96.5 Å². The van der Waals surface area contributed by atoms with E-state index < -0.39 is 59.7 Å². The van der Waals surface area contributed by atoms with Crippen LogP contribution in [-0.4, -0.2) is 66.3 Å². The third-order valence-electron chi connectivity index (χ3n) is 7.49. The highest BCUT2D eigenvalue weighted by Gasteiger charge is 2.34. The fourth-order valence-corrected chi connectivity index (χ4v) is 5.19. The first-order valence-corrected chi connectivity index (χ1v) is 15.5. The second-order valence-electron chi connectivity index (χ2n) is 11.4. The lowest BCUT2D eigenvalue weighted by atomic mass is 9.97. The summed E-state index contributed by atoms with van der Waals surface area (Å²) in [6.45, 7) is 4.02. The monoisotopic (exact) mass is 697 g/mol. The Morgan fingerprint density at radius 3 is 2.32 bits per heavy atom. The van der Waals surface area contributed by atoms with Gasteiger partial charge in [0.15, 0.2) is 18.1 Å². The van der Waals surface area contributed by atoms with E-state index in [4.69, 9.17) is 13.6 Å². The van der Waals surface area contributed by atoms with Crippen molar-refractivity contribution in [2.45, 2.75) is 71.8 Å². The number of hydrogen-bond acceptors (Lipinski definition) is 15. The molecule has 0 spiro atoms. The van der Waals surface area contributed by atoms with Crippen molar-refractivity contribution < 1.29 is 43.0 Å². The number of nitrogens with zero attached hydrogens (tertiary/aromatic N) is 6. The molecule has 4 rings (SSSR count). The number of rotatable bonds is 19. The lowest BCUT2D eigenvalue weighted by Gasteiger charge is -2.33. The normalized spacial score (nSPS) is 12.2. The van der Waals surface area contributed by atoms with Gasteiger partial charge in [-0.2, -0.15) is 5.21 Å². The average Bonchev–Trinajstić information content (AvgIpc) is 3.74. The van der Waals surface area contributed by atoms with E-state index in [-0.39, 0.29) is 30.4 Å². The van der Waals surface area contributed by atoms with Crippen LogP contribution in [0.2, 0.25) is 0 Å². The Morgan fingerprint density at radius 1 is 1.00 bits per heavy atom. The zero-order valence-corrected chi connectivity index (χ0v) is 27.4. The third kappa shape index (κ3) is 9.94. The van der Waals surface area contributed by atoms with E-state index in [0.717, 1.165) is 28.7 Å². The van der Waals surface area contributed by atoms with Crippen LogP contribution >= 0.6 is 0 Å². The van der Waals surface area contributed by atoms with Crippen molar-refractivity contribution in [3.63, 3.8) is 0 Å². The van der Waals surface area contributed by atoms with Crippen LogP contribution in [0.25, 0.3) is 22.5 Å². The van der Waals surface area contributed by atoms with Crippen molar-refractivity contribution in [1.29, 1.82) is 0 Å². The van der Waals surface area contributed by atoms with E-state index in [9.17, 15) is 34.6 Å². The number of carbonyl (C=O) groups is 2. The largest absolute Gasteiger partial charge is 0.519 e. The molecule has 19 nitrogen and oxygen atoms in total. The first-order chi connectivity index (χ1) is 24.0. The van der Waals surface area contributed by atoms with Gasteiger partial charge in [0.05, 0.1) is 0 Å². The number of hydrogen-bond donors (Lipinski definition) is 1. The Hall–Kier alpha value is -6.14. The second kappa shape index (κ2) is 17.3. The molecule has 0 radical (unpaired) electrons. The zero-order chi connectivity index (χ0) is 36.2. The molecule has 1 N–H and O–H groups in total. The SMILES string of the molecule is CCCCC(=O)N(Cc1ccc(-c2ccccc2-c2nn[nH]n2)cc1)[C@H](C(=O)OCc1oc(=O)oc1C[C@@H](CO[N+](=O)[O-])O[N+](=O)[O-])C(C)C. The lowest BCUT2D eigenvalue weighted by Crippen LogP contribution is -2.48. The predicted octanol–water partition coefficient (Wildman–Crippen LogP) is 3.69. The third-order valence-corrected chi connectivity index (χ3v) is 7.49. The maximum Gasteiger partial charge on any atom is 0.519 e. The molecule has 50 heavy (non-hydrogen) atoms. The van der Waals surface area contributed by atoms with Gasteiger partial charge in [-0.1, -0.05) is 75.7 Å². The molecule has 4 aromatic rings. The molecule has 1 amide bonds. The van der Waals surface area contributed by atoms with Crippen molar-refractivity contribution in [2.75, 3.05) is 6.61 Å². The van der Waals surface area contributed by atoms with E-state index in [1.165, 1.54) is 4.90 Å². The van der Waals surface area contributed by atoms with Gasteiger partial charge in [-0.25, -0.2) is 9.59 Å². The molecule has 0 aliphatic rings. The molecule has 2 aromatic carbocycles. The smallest absolute Gasteiger partial charge is 0.456 e. The van der Waals surface area contributed by atoms with Crippen LogP contribution in [0.4, 0.5) is 0 Å². The second-order valence-corrected chi connectivity index (χ2v) is 11.4. The summed E-state index contributed by atoms with van der Waals surface area (Å²) in [5, 5.41) is 33.4. The Balaban J connectivity index is 1.53. The Kier molecular flexibility index (Phi) is 12.7. The number of benzene rings is 2. The van der Waals surface area contributed by atoms with Gasteiger partial charge in [-0.15, -0.1) is 30.4 Å². The van der Waals surface area contributed by atoms with Crippen molar-refractivity contribution in [1.82, 2.24) is 25.5 Å². The van der Waals surface area contributed by atoms with Crippen LogP contribution in [0.5, 0.6) is 0 Å². The molecule has 19 heteroatoms. The number of carbonyl (C=O) groups excluding carboxylic acids is 2. The first kappa shape index (κ1) is 36.7. The number of H-pyrrole nitrogens is 1. The number of ether oxygens (including phenoxy) is 1. The molecule has 266 valence electrons. The van der Waals surface area contributed by atoms with Gasteiger partial charge in [-0.3, -0.25) is 4.79 Å². The fourth-order valence-electron chi connectivity index (χ4n) is 5.19. The number of aromatic amines is 1. The number of esters is 1. The van der Waals surface area contributed by atoms with Crippen molar-refractivity contribution in [3.8, 4) is 22.5 Å². The van der Waals surface area contributed by atoms with Gasteiger partial charge in [0.25, 0.3) is 10.2 Å². The lowest BCUT2D eigenvalue weighted by molar-refractivity contribution is -0.790. The highest BCUT2D eigenvalue weighted by molar-refractivity contribution is 5.85.